The Kier molecular flexibility index (Phi) is 28.9. The smallest absolute Gasteiger partial charge is 0.249 e. The van der Waals surface area contributed by atoms with Crippen molar-refractivity contribution in [3.8, 4) is 0 Å². The number of carbonyl (C=O) groups is 1. The van der Waals surface area contributed by atoms with Gasteiger partial charge in [0.25, 0.3) is 0 Å². The largest absolute Gasteiger partial charge is 0.394 e. The van der Waals surface area contributed by atoms with E-state index in [0.717, 1.165) is 38.5 Å². The second kappa shape index (κ2) is 29.8. The Labute approximate surface area is 241 Å². The van der Waals surface area contributed by atoms with E-state index < -0.39 is 24.2 Å². The van der Waals surface area contributed by atoms with Crippen LogP contribution >= 0.6 is 0 Å². The summed E-state index contributed by atoms with van der Waals surface area (Å²) in [6.45, 7) is 4.13. The van der Waals surface area contributed by atoms with E-state index in [4.69, 9.17) is 0 Å². The number of aliphatic hydroxyl groups excluding tert-OH is 3. The van der Waals surface area contributed by atoms with Crippen molar-refractivity contribution in [3.05, 3.63) is 24.3 Å². The summed E-state index contributed by atoms with van der Waals surface area (Å²) in [6, 6.07) is -0.761. The van der Waals surface area contributed by atoms with Crippen LogP contribution in [0.1, 0.15) is 162 Å². The van der Waals surface area contributed by atoms with Crippen LogP contribution < -0.4 is 5.32 Å². The van der Waals surface area contributed by atoms with Crippen LogP contribution in [-0.4, -0.2) is 46.1 Å². The van der Waals surface area contributed by atoms with Crippen molar-refractivity contribution >= 4 is 5.91 Å². The molecule has 0 aromatic carbocycles. The number of hydrogen-bond donors (Lipinski definition) is 4. The monoisotopic (exact) mass is 551 g/mol. The standard InChI is InChI=1S/C34H65NO4/c1-3-5-7-9-11-13-15-17-19-20-22-24-26-28-32(37)31(30-36)35-34(39)33(38)29-27-25-23-21-18-16-14-12-10-8-6-4-2/h11,13,24,26,31-33,36-38H,3-10,12,14-23,25,27-30H2,1-2H3,(H,35,39)/b13-11+,26-24+/t31-,32+,33+/m1/s1. The van der Waals surface area contributed by atoms with Gasteiger partial charge in [0, 0.05) is 0 Å². The lowest BCUT2D eigenvalue weighted by atomic mass is 10.0. The summed E-state index contributed by atoms with van der Waals surface area (Å²) < 4.78 is 0. The molecule has 0 saturated heterocycles. The van der Waals surface area contributed by atoms with Crippen LogP contribution in [0, 0.1) is 0 Å². The van der Waals surface area contributed by atoms with Crippen molar-refractivity contribution in [2.24, 2.45) is 0 Å². The molecule has 39 heavy (non-hydrogen) atoms. The molecule has 3 atom stereocenters. The van der Waals surface area contributed by atoms with Crippen molar-refractivity contribution < 1.29 is 20.1 Å². The summed E-state index contributed by atoms with van der Waals surface area (Å²) >= 11 is 0. The molecule has 5 heteroatoms. The van der Waals surface area contributed by atoms with Crippen LogP contribution in [0.4, 0.5) is 0 Å². The Hall–Kier alpha value is -1.17. The van der Waals surface area contributed by atoms with E-state index in [1.165, 1.54) is 96.3 Å². The van der Waals surface area contributed by atoms with Gasteiger partial charge in [-0.05, 0) is 51.4 Å². The Morgan fingerprint density at radius 1 is 0.615 bits per heavy atom. The van der Waals surface area contributed by atoms with E-state index in [0.29, 0.717) is 12.8 Å². The second-order valence-electron chi connectivity index (χ2n) is 11.4. The number of amides is 1. The first-order chi connectivity index (χ1) is 19.1. The molecule has 0 heterocycles. The highest BCUT2D eigenvalue weighted by atomic mass is 16.3. The van der Waals surface area contributed by atoms with Crippen LogP contribution in [0.25, 0.3) is 0 Å². The molecule has 0 saturated carbocycles. The summed E-state index contributed by atoms with van der Waals surface area (Å²) in [5.74, 6) is -0.500. The summed E-state index contributed by atoms with van der Waals surface area (Å²) in [5, 5.41) is 32.9. The molecule has 0 aliphatic rings. The van der Waals surface area contributed by atoms with E-state index in [-0.39, 0.29) is 6.61 Å². The van der Waals surface area contributed by atoms with E-state index in [2.05, 4.69) is 37.4 Å². The Morgan fingerprint density at radius 3 is 1.54 bits per heavy atom. The SMILES string of the molecule is CCCCC/C=C/CCCCC/C=C/C[C@H](O)[C@@H](CO)NC(=O)[C@@H](O)CCCCCCCCCCCCCC. The Bertz CT molecular complexity index is 578. The number of unbranched alkanes of at least 4 members (excludes halogenated alkanes) is 18. The van der Waals surface area contributed by atoms with Gasteiger partial charge in [-0.25, -0.2) is 0 Å². The molecule has 0 aromatic heterocycles. The summed E-state index contributed by atoms with van der Waals surface area (Å²) in [6.07, 6.45) is 33.1. The zero-order valence-electron chi connectivity index (χ0n) is 25.8. The molecule has 0 radical (unpaired) electrons. The topological polar surface area (TPSA) is 89.8 Å². The minimum Gasteiger partial charge on any atom is -0.394 e. The van der Waals surface area contributed by atoms with Crippen molar-refractivity contribution in [2.45, 2.75) is 180 Å². The van der Waals surface area contributed by atoms with Gasteiger partial charge in [-0.3, -0.25) is 4.79 Å². The molecule has 0 fully saturated rings. The molecule has 0 unspecified atom stereocenters. The Morgan fingerprint density at radius 2 is 1.03 bits per heavy atom. The van der Waals surface area contributed by atoms with E-state index in [1.807, 2.05) is 6.08 Å². The quantitative estimate of drug-likeness (QED) is 0.0556. The van der Waals surface area contributed by atoms with Gasteiger partial charge in [-0.2, -0.15) is 0 Å². The molecule has 0 aliphatic heterocycles. The number of rotatable bonds is 29. The van der Waals surface area contributed by atoms with Crippen LogP contribution in [0.3, 0.4) is 0 Å². The average Bonchev–Trinajstić information content (AvgIpc) is 2.94. The third-order valence-electron chi connectivity index (χ3n) is 7.55. The highest BCUT2D eigenvalue weighted by molar-refractivity contribution is 5.80. The molecule has 0 aromatic rings. The first-order valence-electron chi connectivity index (χ1n) is 16.6. The van der Waals surface area contributed by atoms with E-state index >= 15 is 0 Å². The number of aliphatic hydroxyl groups is 3. The third-order valence-corrected chi connectivity index (χ3v) is 7.55. The lowest BCUT2D eigenvalue weighted by Crippen LogP contribution is -2.49. The van der Waals surface area contributed by atoms with Crippen LogP contribution in [-0.2, 0) is 4.79 Å². The molecule has 230 valence electrons. The maximum Gasteiger partial charge on any atom is 0.249 e. The van der Waals surface area contributed by atoms with Gasteiger partial charge in [-0.15, -0.1) is 0 Å². The number of hydrogen-bond acceptors (Lipinski definition) is 4. The lowest BCUT2D eigenvalue weighted by Gasteiger charge is -2.23. The van der Waals surface area contributed by atoms with Crippen molar-refractivity contribution in [2.75, 3.05) is 6.61 Å². The van der Waals surface area contributed by atoms with E-state index in [9.17, 15) is 20.1 Å². The molecule has 5 nitrogen and oxygen atoms in total. The molecule has 0 rings (SSSR count). The molecular weight excluding hydrogens is 486 g/mol. The zero-order chi connectivity index (χ0) is 28.8. The fourth-order valence-electron chi connectivity index (χ4n) is 4.82. The van der Waals surface area contributed by atoms with E-state index in [1.54, 1.807) is 0 Å². The van der Waals surface area contributed by atoms with Crippen LogP contribution in [0.2, 0.25) is 0 Å². The maximum absolute atomic E-state index is 12.3. The predicted molar refractivity (Wildman–Crippen MR) is 167 cm³/mol. The van der Waals surface area contributed by atoms with Crippen LogP contribution in [0.15, 0.2) is 24.3 Å². The van der Waals surface area contributed by atoms with Gasteiger partial charge < -0.3 is 20.6 Å². The third kappa shape index (κ3) is 25.5. The van der Waals surface area contributed by atoms with Crippen molar-refractivity contribution in [3.63, 3.8) is 0 Å². The summed E-state index contributed by atoms with van der Waals surface area (Å²) in [4.78, 5) is 12.3. The number of carbonyl (C=O) groups excluding carboxylic acids is 1. The summed E-state index contributed by atoms with van der Waals surface area (Å²) in [7, 11) is 0. The minimum absolute atomic E-state index is 0.349. The van der Waals surface area contributed by atoms with Gasteiger partial charge in [-0.1, -0.05) is 134 Å². The molecule has 0 bridgehead atoms. The normalized spacial score (nSPS) is 14.3. The average molecular weight is 552 g/mol. The van der Waals surface area contributed by atoms with Crippen LogP contribution in [0.5, 0.6) is 0 Å². The van der Waals surface area contributed by atoms with Gasteiger partial charge in [0.05, 0.1) is 18.8 Å². The maximum atomic E-state index is 12.3. The van der Waals surface area contributed by atoms with Gasteiger partial charge in [0.2, 0.25) is 5.91 Å². The second-order valence-corrected chi connectivity index (χ2v) is 11.4. The lowest BCUT2D eigenvalue weighted by molar-refractivity contribution is -0.131. The van der Waals surface area contributed by atoms with Gasteiger partial charge in [0.15, 0.2) is 0 Å². The van der Waals surface area contributed by atoms with Gasteiger partial charge >= 0.3 is 0 Å². The summed E-state index contributed by atoms with van der Waals surface area (Å²) in [5.41, 5.74) is 0. The fraction of sp³-hybridized carbons (Fsp3) is 0.853. The molecule has 0 aliphatic carbocycles. The number of allylic oxidation sites excluding steroid dienone is 3. The van der Waals surface area contributed by atoms with Crippen molar-refractivity contribution in [1.82, 2.24) is 5.32 Å². The highest BCUT2D eigenvalue weighted by Crippen LogP contribution is 2.13. The molecule has 4 N–H and O–H groups in total. The number of nitrogens with one attached hydrogen (secondary N) is 1. The first kappa shape index (κ1) is 37.8. The molecular formula is C34H65NO4. The first-order valence-corrected chi connectivity index (χ1v) is 16.6. The highest BCUT2D eigenvalue weighted by Gasteiger charge is 2.23. The Balaban J connectivity index is 3.81. The van der Waals surface area contributed by atoms with Crippen molar-refractivity contribution in [1.29, 1.82) is 0 Å². The zero-order valence-corrected chi connectivity index (χ0v) is 25.8. The molecule has 0 spiro atoms. The molecule has 1 amide bonds. The predicted octanol–water partition coefficient (Wildman–Crippen LogP) is 8.31. The minimum atomic E-state index is -1.09. The van der Waals surface area contributed by atoms with Gasteiger partial charge in [0.1, 0.15) is 6.10 Å². The fourth-order valence-corrected chi connectivity index (χ4v) is 4.82.